The van der Waals surface area contributed by atoms with Crippen LogP contribution in [0.5, 0.6) is 5.75 Å². The van der Waals surface area contributed by atoms with Gasteiger partial charge in [-0.15, -0.1) is 0 Å². The maximum absolute atomic E-state index is 13.2. The molecule has 160 valence electrons. The number of fused-ring (bicyclic) bond motifs is 1. The van der Waals surface area contributed by atoms with Gasteiger partial charge in [0.15, 0.2) is 6.10 Å². The Kier molecular flexibility index (Phi) is 6.27. The fraction of sp³-hybridized carbons (Fsp3) is 0.435. The smallest absolute Gasteiger partial charge is 0.263 e. The lowest BCUT2D eigenvalue weighted by atomic mass is 9.89. The zero-order chi connectivity index (χ0) is 21.0. The maximum atomic E-state index is 13.2. The molecule has 6 nitrogen and oxygen atoms in total. The fourth-order valence-corrected chi connectivity index (χ4v) is 5.80. The average Bonchev–Trinajstić information content (AvgIpc) is 2.77. The predicted octanol–water partition coefficient (Wildman–Crippen LogP) is 3.48. The van der Waals surface area contributed by atoms with Gasteiger partial charge in [0, 0.05) is 6.54 Å². The second kappa shape index (κ2) is 9.08. The fourth-order valence-electron chi connectivity index (χ4n) is 4.21. The van der Waals surface area contributed by atoms with Crippen molar-refractivity contribution in [3.05, 3.63) is 60.2 Å². The van der Waals surface area contributed by atoms with Gasteiger partial charge in [0.25, 0.3) is 5.91 Å². The normalized spacial score (nSPS) is 19.6. The van der Waals surface area contributed by atoms with E-state index in [1.54, 1.807) is 36.4 Å². The van der Waals surface area contributed by atoms with Crippen molar-refractivity contribution in [2.45, 2.75) is 44.0 Å². The van der Waals surface area contributed by atoms with Gasteiger partial charge in [-0.2, -0.15) is 0 Å². The van der Waals surface area contributed by atoms with Crippen molar-refractivity contribution >= 4 is 21.6 Å². The number of hydrogen-bond donors (Lipinski definition) is 1. The molecular weight excluding hydrogens is 400 g/mol. The third kappa shape index (κ3) is 4.78. The number of hydrogen-bond acceptors (Lipinski definition) is 4. The van der Waals surface area contributed by atoms with Crippen molar-refractivity contribution < 1.29 is 17.9 Å². The lowest BCUT2D eigenvalue weighted by Crippen LogP contribution is -2.51. The zero-order valence-corrected chi connectivity index (χ0v) is 17.8. The SMILES string of the molecule is O=C(NCC1CCCCC1)C1CN(S(=O)(=O)Cc2ccccc2)c2ccccc2O1. The Morgan fingerprint density at radius 2 is 1.70 bits per heavy atom. The van der Waals surface area contributed by atoms with E-state index < -0.39 is 16.1 Å². The van der Waals surface area contributed by atoms with Crippen molar-refractivity contribution in [1.82, 2.24) is 5.32 Å². The van der Waals surface area contributed by atoms with Crippen molar-refractivity contribution in [2.24, 2.45) is 5.92 Å². The Labute approximate surface area is 178 Å². The molecule has 1 amide bonds. The number of anilines is 1. The number of nitrogens with one attached hydrogen (secondary N) is 1. The molecule has 7 heteroatoms. The molecule has 4 rings (SSSR count). The lowest BCUT2D eigenvalue weighted by Gasteiger charge is -2.35. The summed E-state index contributed by atoms with van der Waals surface area (Å²) in [6.45, 7) is 0.597. The molecule has 0 bridgehead atoms. The van der Waals surface area contributed by atoms with Gasteiger partial charge in [0.2, 0.25) is 10.0 Å². The highest BCUT2D eigenvalue weighted by molar-refractivity contribution is 7.92. The highest BCUT2D eigenvalue weighted by Crippen LogP contribution is 2.35. The van der Waals surface area contributed by atoms with Gasteiger partial charge in [0.1, 0.15) is 5.75 Å². The van der Waals surface area contributed by atoms with Crippen LogP contribution < -0.4 is 14.4 Å². The summed E-state index contributed by atoms with van der Waals surface area (Å²) in [6, 6.07) is 16.1. The summed E-state index contributed by atoms with van der Waals surface area (Å²) >= 11 is 0. The second-order valence-corrected chi connectivity index (χ2v) is 9.99. The molecule has 2 aromatic rings. The molecule has 1 N–H and O–H groups in total. The first kappa shape index (κ1) is 20.7. The van der Waals surface area contributed by atoms with E-state index in [9.17, 15) is 13.2 Å². The molecule has 1 fully saturated rings. The minimum Gasteiger partial charge on any atom is -0.476 e. The topological polar surface area (TPSA) is 75.7 Å². The van der Waals surface area contributed by atoms with Crippen LogP contribution in [0.25, 0.3) is 0 Å². The summed E-state index contributed by atoms with van der Waals surface area (Å²) in [4.78, 5) is 12.8. The Morgan fingerprint density at radius 1 is 1.00 bits per heavy atom. The first-order valence-corrected chi connectivity index (χ1v) is 12.2. The van der Waals surface area contributed by atoms with Gasteiger partial charge in [-0.25, -0.2) is 8.42 Å². The van der Waals surface area contributed by atoms with Crippen molar-refractivity contribution in [3.63, 3.8) is 0 Å². The highest BCUT2D eigenvalue weighted by atomic mass is 32.2. The van der Waals surface area contributed by atoms with E-state index in [1.807, 2.05) is 18.2 Å². The number of benzene rings is 2. The summed E-state index contributed by atoms with van der Waals surface area (Å²) in [7, 11) is -3.68. The molecule has 2 aromatic carbocycles. The Morgan fingerprint density at radius 3 is 2.47 bits per heavy atom. The van der Waals surface area contributed by atoms with E-state index in [0.717, 1.165) is 12.8 Å². The molecular formula is C23H28N2O4S. The number of para-hydroxylation sites is 2. The highest BCUT2D eigenvalue weighted by Gasteiger charge is 2.36. The first-order valence-electron chi connectivity index (χ1n) is 10.6. The molecule has 0 radical (unpaired) electrons. The van der Waals surface area contributed by atoms with E-state index in [2.05, 4.69) is 5.32 Å². The molecule has 2 aliphatic rings. The summed E-state index contributed by atoms with van der Waals surface area (Å²) in [5, 5.41) is 2.99. The largest absolute Gasteiger partial charge is 0.476 e. The third-order valence-electron chi connectivity index (χ3n) is 5.84. The van der Waals surface area contributed by atoms with Crippen molar-refractivity contribution in [1.29, 1.82) is 0 Å². The Balaban J connectivity index is 1.51. The van der Waals surface area contributed by atoms with E-state index in [4.69, 9.17) is 4.74 Å². The standard InChI is InChI=1S/C23H28N2O4S/c26-23(24-15-18-9-3-1-4-10-18)22-16-25(20-13-7-8-14-21(20)29-22)30(27,28)17-19-11-5-2-6-12-19/h2,5-8,11-14,18,22H,1,3-4,9-10,15-17H2,(H,24,26). The van der Waals surface area contributed by atoms with Crippen LogP contribution >= 0.6 is 0 Å². The number of amides is 1. The number of nitrogens with zero attached hydrogens (tertiary/aromatic N) is 1. The second-order valence-electron chi connectivity index (χ2n) is 8.10. The summed E-state index contributed by atoms with van der Waals surface area (Å²) in [5.41, 5.74) is 1.18. The lowest BCUT2D eigenvalue weighted by molar-refractivity contribution is -0.128. The van der Waals surface area contributed by atoms with Crippen LogP contribution in [0, 0.1) is 5.92 Å². The summed E-state index contributed by atoms with van der Waals surface area (Å²) in [6.07, 6.45) is 5.08. The van der Waals surface area contributed by atoms with Gasteiger partial charge in [0.05, 0.1) is 18.0 Å². The van der Waals surface area contributed by atoms with Crippen LogP contribution in [0.15, 0.2) is 54.6 Å². The number of carbonyl (C=O) groups excluding carboxylic acids is 1. The number of rotatable bonds is 6. The molecule has 1 saturated carbocycles. The van der Waals surface area contributed by atoms with Crippen LogP contribution in [0.2, 0.25) is 0 Å². The molecule has 0 spiro atoms. The van der Waals surface area contributed by atoms with Gasteiger partial charge in [-0.05, 0) is 36.5 Å². The molecule has 1 atom stereocenters. The predicted molar refractivity (Wildman–Crippen MR) is 117 cm³/mol. The number of carbonyl (C=O) groups is 1. The Bertz CT molecular complexity index is 972. The number of sulfonamides is 1. The Hall–Kier alpha value is -2.54. The van der Waals surface area contributed by atoms with Crippen molar-refractivity contribution in [3.8, 4) is 5.75 Å². The third-order valence-corrected chi connectivity index (χ3v) is 7.56. The molecule has 0 saturated heterocycles. The van der Waals surface area contributed by atoms with Gasteiger partial charge >= 0.3 is 0 Å². The molecule has 1 heterocycles. The molecule has 1 aliphatic carbocycles. The minimum atomic E-state index is -3.68. The maximum Gasteiger partial charge on any atom is 0.263 e. The number of ether oxygens (including phenoxy) is 1. The van der Waals surface area contributed by atoms with Gasteiger partial charge < -0.3 is 10.1 Å². The van der Waals surface area contributed by atoms with Crippen LogP contribution in [0.4, 0.5) is 5.69 Å². The zero-order valence-electron chi connectivity index (χ0n) is 17.0. The van der Waals surface area contributed by atoms with E-state index in [-0.39, 0.29) is 18.2 Å². The molecule has 0 aromatic heterocycles. The summed E-state index contributed by atoms with van der Waals surface area (Å²) in [5.74, 6) is 0.531. The molecule has 1 aliphatic heterocycles. The van der Waals surface area contributed by atoms with Crippen LogP contribution in [0.3, 0.4) is 0 Å². The monoisotopic (exact) mass is 428 g/mol. The van der Waals surface area contributed by atoms with Gasteiger partial charge in [-0.3, -0.25) is 9.10 Å². The van der Waals surface area contributed by atoms with Gasteiger partial charge in [-0.1, -0.05) is 61.7 Å². The van der Waals surface area contributed by atoms with Crippen molar-refractivity contribution in [2.75, 3.05) is 17.4 Å². The van der Waals surface area contributed by atoms with Crippen LogP contribution in [-0.4, -0.2) is 33.5 Å². The van der Waals surface area contributed by atoms with E-state index >= 15 is 0 Å². The first-order chi connectivity index (χ1) is 14.5. The van der Waals surface area contributed by atoms with E-state index in [0.29, 0.717) is 29.5 Å². The average molecular weight is 429 g/mol. The van der Waals surface area contributed by atoms with E-state index in [1.165, 1.54) is 23.6 Å². The molecule has 1 unspecified atom stereocenters. The van der Waals surface area contributed by atoms with Crippen LogP contribution in [-0.2, 0) is 20.6 Å². The minimum absolute atomic E-state index is 0.0251. The quantitative estimate of drug-likeness (QED) is 0.764. The summed E-state index contributed by atoms with van der Waals surface area (Å²) < 4.78 is 33.7. The van der Waals surface area contributed by atoms with Crippen LogP contribution in [0.1, 0.15) is 37.7 Å². The molecule has 30 heavy (non-hydrogen) atoms.